The van der Waals surface area contributed by atoms with E-state index in [4.69, 9.17) is 11.6 Å². The number of halogens is 1. The van der Waals surface area contributed by atoms with Gasteiger partial charge in [0, 0.05) is 12.4 Å². The van der Waals surface area contributed by atoms with Crippen LogP contribution in [0.15, 0.2) is 73.1 Å². The van der Waals surface area contributed by atoms with E-state index >= 15 is 0 Å². The summed E-state index contributed by atoms with van der Waals surface area (Å²) in [5, 5.41) is 3.44. The molecule has 0 saturated carbocycles. The highest BCUT2D eigenvalue weighted by atomic mass is 35.5. The number of rotatable bonds is 5. The molecule has 2 aromatic carbocycles. The lowest BCUT2D eigenvalue weighted by Gasteiger charge is -2.20. The number of nitrogens with zero attached hydrogens (tertiary/aromatic N) is 1. The van der Waals surface area contributed by atoms with Crippen molar-refractivity contribution in [3.05, 3.63) is 89.2 Å². The maximum Gasteiger partial charge on any atom is 0.226 e. The Hall–Kier alpha value is -2.52. The fourth-order valence-corrected chi connectivity index (χ4v) is 2.95. The Morgan fingerprint density at radius 3 is 2.54 bits per heavy atom. The van der Waals surface area contributed by atoms with E-state index in [9.17, 15) is 4.79 Å². The van der Waals surface area contributed by atoms with Gasteiger partial charge in [0.2, 0.25) is 5.91 Å². The van der Waals surface area contributed by atoms with Gasteiger partial charge in [0.15, 0.2) is 0 Å². The number of para-hydroxylation sites is 1. The molecular formula is C20H19ClN2O. The third kappa shape index (κ3) is 3.87. The van der Waals surface area contributed by atoms with E-state index in [1.807, 2.05) is 42.7 Å². The standard InChI is InChI=1S/C20H19ClN2O/c1-15-7-6-8-16(13-15)19(23-11-4-5-12-23)14-20(24)22-18-10-3-2-9-17(18)21/h2-13,19H,14H2,1H3,(H,22,24)/t19-/m1/s1. The summed E-state index contributed by atoms with van der Waals surface area (Å²) < 4.78 is 2.06. The minimum absolute atomic E-state index is 0.0533. The molecule has 0 saturated heterocycles. The molecule has 3 nitrogen and oxygen atoms in total. The minimum atomic E-state index is -0.0664. The second-order valence-corrected chi connectivity index (χ2v) is 6.20. The van der Waals surface area contributed by atoms with Crippen LogP contribution in [0.5, 0.6) is 0 Å². The number of nitrogens with one attached hydrogen (secondary N) is 1. The molecule has 24 heavy (non-hydrogen) atoms. The van der Waals surface area contributed by atoms with Crippen LogP contribution in [0.25, 0.3) is 0 Å². The fraction of sp³-hybridized carbons (Fsp3) is 0.150. The van der Waals surface area contributed by atoms with Gasteiger partial charge < -0.3 is 9.88 Å². The Labute approximate surface area is 146 Å². The molecule has 3 rings (SSSR count). The largest absolute Gasteiger partial charge is 0.346 e. The van der Waals surface area contributed by atoms with Crippen LogP contribution < -0.4 is 5.32 Å². The molecule has 0 aliphatic rings. The van der Waals surface area contributed by atoms with Crippen LogP contribution >= 0.6 is 11.6 Å². The third-order valence-electron chi connectivity index (χ3n) is 3.94. The molecule has 1 aromatic heterocycles. The minimum Gasteiger partial charge on any atom is -0.346 e. The Kier molecular flexibility index (Phi) is 5.02. The predicted octanol–water partition coefficient (Wildman–Crippen LogP) is 5.07. The van der Waals surface area contributed by atoms with Crippen molar-refractivity contribution in [3.8, 4) is 0 Å². The van der Waals surface area contributed by atoms with Gasteiger partial charge in [0.1, 0.15) is 0 Å². The quantitative estimate of drug-likeness (QED) is 0.692. The Morgan fingerprint density at radius 2 is 1.83 bits per heavy atom. The van der Waals surface area contributed by atoms with Gasteiger partial charge in [-0.15, -0.1) is 0 Å². The Bertz CT molecular complexity index is 827. The zero-order chi connectivity index (χ0) is 16.9. The number of anilines is 1. The summed E-state index contributed by atoms with van der Waals surface area (Å²) in [5.41, 5.74) is 2.93. The third-order valence-corrected chi connectivity index (χ3v) is 4.27. The highest BCUT2D eigenvalue weighted by Crippen LogP contribution is 2.25. The highest BCUT2D eigenvalue weighted by Gasteiger charge is 2.18. The molecule has 0 bridgehead atoms. The number of aromatic nitrogens is 1. The van der Waals surface area contributed by atoms with Crippen molar-refractivity contribution < 1.29 is 4.79 Å². The van der Waals surface area contributed by atoms with Gasteiger partial charge in [-0.3, -0.25) is 4.79 Å². The zero-order valence-electron chi connectivity index (χ0n) is 13.4. The number of amides is 1. The lowest BCUT2D eigenvalue weighted by molar-refractivity contribution is -0.116. The molecule has 1 amide bonds. The van der Waals surface area contributed by atoms with E-state index in [0.29, 0.717) is 17.1 Å². The molecule has 0 aliphatic carbocycles. The molecule has 122 valence electrons. The first-order valence-electron chi connectivity index (χ1n) is 7.87. The first kappa shape index (κ1) is 16.3. The van der Waals surface area contributed by atoms with Crippen molar-refractivity contribution in [2.75, 3.05) is 5.32 Å². The molecule has 0 radical (unpaired) electrons. The first-order chi connectivity index (χ1) is 11.6. The van der Waals surface area contributed by atoms with Gasteiger partial charge in [-0.05, 0) is 36.8 Å². The summed E-state index contributed by atoms with van der Waals surface area (Å²) in [6, 6.07) is 19.4. The number of hydrogen-bond acceptors (Lipinski definition) is 1. The van der Waals surface area contributed by atoms with Crippen molar-refractivity contribution in [1.29, 1.82) is 0 Å². The Morgan fingerprint density at radius 1 is 1.08 bits per heavy atom. The first-order valence-corrected chi connectivity index (χ1v) is 8.24. The Balaban J connectivity index is 1.82. The molecule has 0 aliphatic heterocycles. The molecule has 1 heterocycles. The summed E-state index contributed by atoms with van der Waals surface area (Å²) in [6.07, 6.45) is 4.30. The van der Waals surface area contributed by atoms with E-state index in [-0.39, 0.29) is 11.9 Å². The van der Waals surface area contributed by atoms with Gasteiger partial charge in [0.05, 0.1) is 23.2 Å². The van der Waals surface area contributed by atoms with Crippen LogP contribution in [0.1, 0.15) is 23.6 Å². The SMILES string of the molecule is Cc1cccc([C@@H](CC(=O)Nc2ccccc2Cl)n2cccc2)c1. The molecule has 1 atom stereocenters. The van der Waals surface area contributed by atoms with Crippen molar-refractivity contribution in [2.24, 2.45) is 0 Å². The average Bonchev–Trinajstić information content (AvgIpc) is 3.09. The molecule has 4 heteroatoms. The molecule has 0 spiro atoms. The van der Waals surface area contributed by atoms with E-state index in [2.05, 4.69) is 35.0 Å². The summed E-state index contributed by atoms with van der Waals surface area (Å²) in [6.45, 7) is 2.06. The van der Waals surface area contributed by atoms with Gasteiger partial charge in [-0.1, -0.05) is 53.6 Å². The van der Waals surface area contributed by atoms with Crippen LogP contribution in [0.4, 0.5) is 5.69 Å². The van der Waals surface area contributed by atoms with Crippen LogP contribution in [0, 0.1) is 6.92 Å². The lowest BCUT2D eigenvalue weighted by Crippen LogP contribution is -2.19. The average molecular weight is 339 g/mol. The summed E-state index contributed by atoms with van der Waals surface area (Å²) in [4.78, 5) is 12.5. The van der Waals surface area contributed by atoms with Crippen molar-refractivity contribution >= 4 is 23.2 Å². The van der Waals surface area contributed by atoms with Crippen LogP contribution in [-0.2, 0) is 4.79 Å². The van der Waals surface area contributed by atoms with Crippen LogP contribution in [0.2, 0.25) is 5.02 Å². The number of benzene rings is 2. The maximum atomic E-state index is 12.5. The van der Waals surface area contributed by atoms with Gasteiger partial charge in [0.25, 0.3) is 0 Å². The molecule has 0 fully saturated rings. The van der Waals surface area contributed by atoms with E-state index in [0.717, 1.165) is 5.56 Å². The topological polar surface area (TPSA) is 34.0 Å². The monoisotopic (exact) mass is 338 g/mol. The second kappa shape index (κ2) is 7.37. The summed E-state index contributed by atoms with van der Waals surface area (Å²) in [5.74, 6) is -0.0664. The maximum absolute atomic E-state index is 12.5. The number of carbonyl (C=O) groups excluding carboxylic acids is 1. The van der Waals surface area contributed by atoms with Gasteiger partial charge in [-0.25, -0.2) is 0 Å². The van der Waals surface area contributed by atoms with Crippen LogP contribution in [0.3, 0.4) is 0 Å². The lowest BCUT2D eigenvalue weighted by atomic mass is 10.0. The smallest absolute Gasteiger partial charge is 0.226 e. The number of aryl methyl sites for hydroxylation is 1. The summed E-state index contributed by atoms with van der Waals surface area (Å²) >= 11 is 6.12. The van der Waals surface area contributed by atoms with E-state index in [1.165, 1.54) is 5.56 Å². The van der Waals surface area contributed by atoms with Crippen LogP contribution in [-0.4, -0.2) is 10.5 Å². The number of carbonyl (C=O) groups is 1. The van der Waals surface area contributed by atoms with Crippen molar-refractivity contribution in [3.63, 3.8) is 0 Å². The zero-order valence-corrected chi connectivity index (χ0v) is 14.2. The van der Waals surface area contributed by atoms with Crippen molar-refractivity contribution in [2.45, 2.75) is 19.4 Å². The molecule has 3 aromatic rings. The van der Waals surface area contributed by atoms with Gasteiger partial charge >= 0.3 is 0 Å². The van der Waals surface area contributed by atoms with Crippen molar-refractivity contribution in [1.82, 2.24) is 4.57 Å². The predicted molar refractivity (Wildman–Crippen MR) is 98.4 cm³/mol. The van der Waals surface area contributed by atoms with Gasteiger partial charge in [-0.2, -0.15) is 0 Å². The highest BCUT2D eigenvalue weighted by molar-refractivity contribution is 6.33. The fourth-order valence-electron chi connectivity index (χ4n) is 2.77. The second-order valence-electron chi connectivity index (χ2n) is 5.79. The normalized spacial score (nSPS) is 11.9. The molecule has 1 N–H and O–H groups in total. The van der Waals surface area contributed by atoms with E-state index < -0.39 is 0 Å². The number of hydrogen-bond donors (Lipinski definition) is 1. The summed E-state index contributed by atoms with van der Waals surface area (Å²) in [7, 11) is 0. The molecule has 0 unspecified atom stereocenters. The van der Waals surface area contributed by atoms with E-state index in [1.54, 1.807) is 12.1 Å². The molecular weight excluding hydrogens is 320 g/mol.